The molecule has 1 aromatic carbocycles. The summed E-state index contributed by atoms with van der Waals surface area (Å²) in [6, 6.07) is 8.00. The Morgan fingerprint density at radius 3 is 2.54 bits per heavy atom. The predicted octanol–water partition coefficient (Wildman–Crippen LogP) is 2.73. The number of hydrogen-bond donors (Lipinski definition) is 1. The van der Waals surface area contributed by atoms with E-state index in [0.717, 1.165) is 5.69 Å². The molecule has 0 unspecified atom stereocenters. The third-order valence-corrected chi connectivity index (χ3v) is 1.79. The van der Waals surface area contributed by atoms with Crippen molar-refractivity contribution in [1.29, 1.82) is 0 Å². The molecule has 0 aliphatic heterocycles. The minimum absolute atomic E-state index is 0.423. The maximum atomic E-state index is 5.10. The monoisotopic (exact) mass is 195 g/mol. The van der Waals surface area contributed by atoms with E-state index in [9.17, 15) is 0 Å². The van der Waals surface area contributed by atoms with Gasteiger partial charge in [0, 0.05) is 5.69 Å². The van der Waals surface area contributed by atoms with Crippen LogP contribution in [-0.2, 0) is 4.74 Å². The molecule has 0 amide bonds. The molecule has 0 atom stereocenters. The van der Waals surface area contributed by atoms with Crippen LogP contribution in [0.4, 0.5) is 5.69 Å². The zero-order valence-electron chi connectivity index (χ0n) is 7.83. The van der Waals surface area contributed by atoms with Gasteiger partial charge in [-0.15, -0.1) is 0 Å². The quantitative estimate of drug-likeness (QED) is 0.733. The standard InChI is InChI=1S/C10H13NOS/c1-3-12-10(13)11-9-6-4-8(2)5-7-9/h4-7H,3H2,1-2H3,(H,11,13). The second-order valence-electron chi connectivity index (χ2n) is 2.71. The zero-order chi connectivity index (χ0) is 9.68. The topological polar surface area (TPSA) is 21.3 Å². The normalized spacial score (nSPS) is 9.38. The van der Waals surface area contributed by atoms with Gasteiger partial charge < -0.3 is 10.1 Å². The lowest BCUT2D eigenvalue weighted by molar-refractivity contribution is 0.335. The summed E-state index contributed by atoms with van der Waals surface area (Å²) >= 11 is 4.93. The molecule has 0 aromatic heterocycles. The van der Waals surface area contributed by atoms with Gasteiger partial charge in [-0.2, -0.15) is 0 Å². The Balaban J connectivity index is 2.54. The SMILES string of the molecule is CCOC(=S)Nc1ccc(C)cc1. The summed E-state index contributed by atoms with van der Waals surface area (Å²) in [6.45, 7) is 4.55. The fourth-order valence-corrected chi connectivity index (χ4v) is 1.16. The van der Waals surface area contributed by atoms with Crippen molar-refractivity contribution in [2.45, 2.75) is 13.8 Å². The number of hydrogen-bond acceptors (Lipinski definition) is 2. The highest BCUT2D eigenvalue weighted by Crippen LogP contribution is 2.08. The molecule has 2 nitrogen and oxygen atoms in total. The van der Waals surface area contributed by atoms with Crippen LogP contribution in [0.1, 0.15) is 12.5 Å². The van der Waals surface area contributed by atoms with Crippen molar-refractivity contribution in [2.75, 3.05) is 11.9 Å². The molecule has 0 spiro atoms. The summed E-state index contributed by atoms with van der Waals surface area (Å²) in [7, 11) is 0. The molecule has 1 N–H and O–H groups in total. The first kappa shape index (κ1) is 9.99. The number of thiocarbonyl (C=S) groups is 1. The fraction of sp³-hybridized carbons (Fsp3) is 0.300. The molecule has 70 valence electrons. The minimum atomic E-state index is 0.423. The molecule has 0 bridgehead atoms. The number of benzene rings is 1. The fourth-order valence-electron chi connectivity index (χ4n) is 0.922. The molecule has 0 saturated heterocycles. The Morgan fingerprint density at radius 1 is 1.38 bits per heavy atom. The van der Waals surface area contributed by atoms with Crippen LogP contribution in [0.5, 0.6) is 0 Å². The molecule has 0 aliphatic carbocycles. The first-order valence-electron chi connectivity index (χ1n) is 4.23. The van der Waals surface area contributed by atoms with Crippen LogP contribution in [0.2, 0.25) is 0 Å². The Hall–Kier alpha value is -1.09. The van der Waals surface area contributed by atoms with Crippen molar-refractivity contribution in [2.24, 2.45) is 0 Å². The summed E-state index contributed by atoms with van der Waals surface area (Å²) in [6.07, 6.45) is 0. The van der Waals surface area contributed by atoms with Crippen LogP contribution < -0.4 is 5.32 Å². The maximum Gasteiger partial charge on any atom is 0.261 e. The van der Waals surface area contributed by atoms with Gasteiger partial charge in [0.25, 0.3) is 5.17 Å². The van der Waals surface area contributed by atoms with E-state index in [-0.39, 0.29) is 0 Å². The van der Waals surface area contributed by atoms with Gasteiger partial charge in [-0.05, 0) is 38.2 Å². The first-order chi connectivity index (χ1) is 6.22. The molecule has 0 radical (unpaired) electrons. The summed E-state index contributed by atoms with van der Waals surface area (Å²) in [5.41, 5.74) is 2.19. The summed E-state index contributed by atoms with van der Waals surface area (Å²) in [4.78, 5) is 0. The number of anilines is 1. The molecular formula is C10H13NOS. The van der Waals surface area contributed by atoms with Gasteiger partial charge in [-0.1, -0.05) is 17.7 Å². The van der Waals surface area contributed by atoms with Gasteiger partial charge in [0.2, 0.25) is 0 Å². The van der Waals surface area contributed by atoms with Gasteiger partial charge in [0.05, 0.1) is 6.61 Å². The zero-order valence-corrected chi connectivity index (χ0v) is 8.65. The van der Waals surface area contributed by atoms with Crippen LogP contribution in [0.15, 0.2) is 24.3 Å². The van der Waals surface area contributed by atoms with Crippen molar-refractivity contribution >= 4 is 23.1 Å². The second kappa shape index (κ2) is 4.82. The molecule has 3 heteroatoms. The van der Waals surface area contributed by atoms with Crippen molar-refractivity contribution in [3.63, 3.8) is 0 Å². The third-order valence-electron chi connectivity index (χ3n) is 1.57. The van der Waals surface area contributed by atoms with E-state index in [2.05, 4.69) is 5.32 Å². The summed E-state index contributed by atoms with van der Waals surface area (Å²) < 4.78 is 5.10. The van der Waals surface area contributed by atoms with Crippen LogP contribution >= 0.6 is 12.2 Å². The lowest BCUT2D eigenvalue weighted by atomic mass is 10.2. The van der Waals surface area contributed by atoms with Gasteiger partial charge in [0.15, 0.2) is 0 Å². The average molecular weight is 195 g/mol. The van der Waals surface area contributed by atoms with Crippen LogP contribution in [0.3, 0.4) is 0 Å². The van der Waals surface area contributed by atoms with Crippen LogP contribution in [0, 0.1) is 6.92 Å². The van der Waals surface area contributed by atoms with Gasteiger partial charge in [0.1, 0.15) is 0 Å². The lowest BCUT2D eigenvalue weighted by Crippen LogP contribution is -2.12. The highest BCUT2D eigenvalue weighted by atomic mass is 32.1. The van der Waals surface area contributed by atoms with Gasteiger partial charge >= 0.3 is 0 Å². The van der Waals surface area contributed by atoms with Crippen LogP contribution in [-0.4, -0.2) is 11.8 Å². The smallest absolute Gasteiger partial charge is 0.261 e. The lowest BCUT2D eigenvalue weighted by Gasteiger charge is -2.07. The van der Waals surface area contributed by atoms with Crippen LogP contribution in [0.25, 0.3) is 0 Å². The number of nitrogens with one attached hydrogen (secondary N) is 1. The largest absolute Gasteiger partial charge is 0.471 e. The molecular weight excluding hydrogens is 182 g/mol. The van der Waals surface area contributed by atoms with E-state index < -0.39 is 0 Å². The summed E-state index contributed by atoms with van der Waals surface area (Å²) in [5, 5.41) is 3.40. The first-order valence-corrected chi connectivity index (χ1v) is 4.63. The minimum Gasteiger partial charge on any atom is -0.471 e. The number of rotatable bonds is 2. The van der Waals surface area contributed by atoms with E-state index in [1.54, 1.807) is 0 Å². The second-order valence-corrected chi connectivity index (χ2v) is 3.08. The van der Waals surface area contributed by atoms with Gasteiger partial charge in [-0.25, -0.2) is 0 Å². The highest BCUT2D eigenvalue weighted by molar-refractivity contribution is 7.80. The molecule has 1 aromatic rings. The van der Waals surface area contributed by atoms with Crippen molar-refractivity contribution in [3.05, 3.63) is 29.8 Å². The van der Waals surface area contributed by atoms with Crippen molar-refractivity contribution < 1.29 is 4.74 Å². The van der Waals surface area contributed by atoms with Gasteiger partial charge in [-0.3, -0.25) is 0 Å². The molecule has 1 rings (SSSR count). The predicted molar refractivity (Wildman–Crippen MR) is 59.0 cm³/mol. The third kappa shape index (κ3) is 3.42. The Kier molecular flexibility index (Phi) is 3.71. The van der Waals surface area contributed by atoms with Crippen molar-refractivity contribution in [1.82, 2.24) is 0 Å². The van der Waals surface area contributed by atoms with E-state index in [4.69, 9.17) is 17.0 Å². The van der Waals surface area contributed by atoms with E-state index >= 15 is 0 Å². The molecule has 13 heavy (non-hydrogen) atoms. The number of aryl methyl sites for hydroxylation is 1. The Bertz CT molecular complexity index is 281. The Labute approximate surface area is 83.9 Å². The van der Waals surface area contributed by atoms with E-state index in [1.165, 1.54) is 5.56 Å². The molecule has 0 fully saturated rings. The van der Waals surface area contributed by atoms with Crippen molar-refractivity contribution in [3.8, 4) is 0 Å². The molecule has 0 saturated carbocycles. The summed E-state index contributed by atoms with van der Waals surface area (Å²) in [5.74, 6) is 0. The van der Waals surface area contributed by atoms with E-state index in [1.807, 2.05) is 38.1 Å². The van der Waals surface area contributed by atoms with E-state index in [0.29, 0.717) is 11.8 Å². The molecule has 0 aliphatic rings. The number of ether oxygens (including phenoxy) is 1. The average Bonchev–Trinajstić information content (AvgIpc) is 2.09. The maximum absolute atomic E-state index is 5.10. The highest BCUT2D eigenvalue weighted by Gasteiger charge is 1.95. The Morgan fingerprint density at radius 2 is 2.00 bits per heavy atom. The molecule has 0 heterocycles.